The third-order valence-electron chi connectivity index (χ3n) is 4.11. The van der Waals surface area contributed by atoms with E-state index in [2.05, 4.69) is 0 Å². The van der Waals surface area contributed by atoms with Crippen LogP contribution in [0.3, 0.4) is 0 Å². The molecule has 0 saturated carbocycles. The molecule has 2 rings (SSSR count). The number of nitrogens with zero attached hydrogens (tertiary/aromatic N) is 2. The van der Waals surface area contributed by atoms with Crippen molar-refractivity contribution in [2.24, 2.45) is 11.3 Å². The first kappa shape index (κ1) is 15.0. The Hall–Kier alpha value is -2.35. The van der Waals surface area contributed by atoms with Gasteiger partial charge in [-0.1, -0.05) is 19.9 Å². The maximum atomic E-state index is 12.6. The zero-order valence-electron chi connectivity index (χ0n) is 12.4. The number of hydrogen-bond acceptors (Lipinski definition) is 4. The molecule has 1 unspecified atom stereocenters. The van der Waals surface area contributed by atoms with Crippen molar-refractivity contribution in [3.05, 3.63) is 24.3 Å². The molecule has 2 amide bonds. The van der Waals surface area contributed by atoms with Gasteiger partial charge in [0.2, 0.25) is 11.8 Å². The van der Waals surface area contributed by atoms with E-state index in [1.807, 2.05) is 26.8 Å². The number of benzene rings is 1. The van der Waals surface area contributed by atoms with Crippen LogP contribution in [0.2, 0.25) is 0 Å². The lowest BCUT2D eigenvalue weighted by atomic mass is 9.78. The topological polar surface area (TPSA) is 70.4 Å². The first-order valence-corrected chi connectivity index (χ1v) is 6.87. The summed E-state index contributed by atoms with van der Waals surface area (Å²) in [7, 11) is 0. The number of carbonyl (C=O) groups excluding carboxylic acids is 2. The highest BCUT2D eigenvalue weighted by Crippen LogP contribution is 2.41. The quantitative estimate of drug-likeness (QED) is 0.797. The minimum Gasteiger partial charge on any atom is -0.479 e. The van der Waals surface area contributed by atoms with Gasteiger partial charge < -0.3 is 4.74 Å². The molecule has 5 heteroatoms. The number of carbonyl (C=O) groups is 2. The number of imide groups is 1. The predicted molar refractivity (Wildman–Crippen MR) is 77.6 cm³/mol. The number of anilines is 1. The second-order valence-corrected chi connectivity index (χ2v) is 5.73. The molecule has 0 aliphatic carbocycles. The number of nitriles is 1. The maximum Gasteiger partial charge on any atom is 0.240 e. The van der Waals surface area contributed by atoms with Gasteiger partial charge in [-0.3, -0.25) is 9.59 Å². The highest BCUT2D eigenvalue weighted by Gasteiger charge is 2.50. The Morgan fingerprint density at radius 2 is 2.14 bits per heavy atom. The largest absolute Gasteiger partial charge is 0.479 e. The molecule has 0 spiro atoms. The van der Waals surface area contributed by atoms with E-state index >= 15 is 0 Å². The van der Waals surface area contributed by atoms with Gasteiger partial charge in [-0.25, -0.2) is 4.90 Å². The molecule has 1 aliphatic rings. The Morgan fingerprint density at radius 3 is 2.71 bits per heavy atom. The molecular weight excluding hydrogens is 268 g/mol. The van der Waals surface area contributed by atoms with Crippen LogP contribution >= 0.6 is 0 Å². The molecule has 1 aliphatic heterocycles. The van der Waals surface area contributed by atoms with E-state index in [1.54, 1.807) is 24.3 Å². The van der Waals surface area contributed by atoms with Crippen LogP contribution in [-0.4, -0.2) is 18.4 Å². The summed E-state index contributed by atoms with van der Waals surface area (Å²) < 4.78 is 5.21. The Morgan fingerprint density at radius 1 is 1.43 bits per heavy atom. The normalized spacial score (nSPS) is 21.8. The van der Waals surface area contributed by atoms with E-state index in [0.717, 1.165) is 0 Å². The summed E-state index contributed by atoms with van der Waals surface area (Å²) in [5.74, 6) is 0.165. The van der Waals surface area contributed by atoms with E-state index in [1.165, 1.54) is 4.90 Å². The Bertz CT molecular complexity index is 618. The summed E-state index contributed by atoms with van der Waals surface area (Å²) in [5.41, 5.74) is -0.176. The van der Waals surface area contributed by atoms with Crippen LogP contribution in [0, 0.1) is 22.7 Å². The van der Waals surface area contributed by atoms with Crippen LogP contribution in [-0.2, 0) is 9.59 Å². The van der Waals surface area contributed by atoms with E-state index in [9.17, 15) is 9.59 Å². The molecule has 1 aromatic rings. The van der Waals surface area contributed by atoms with Crippen LogP contribution in [0.5, 0.6) is 5.75 Å². The lowest BCUT2D eigenvalue weighted by Crippen LogP contribution is -2.36. The summed E-state index contributed by atoms with van der Waals surface area (Å²) in [5, 5.41) is 8.53. The van der Waals surface area contributed by atoms with Gasteiger partial charge in [0.05, 0.1) is 11.1 Å². The highest BCUT2D eigenvalue weighted by molar-refractivity contribution is 6.22. The number of ether oxygens (including phenoxy) is 1. The zero-order chi connectivity index (χ0) is 15.6. The molecule has 0 radical (unpaired) electrons. The number of hydrogen-bond donors (Lipinski definition) is 0. The predicted octanol–water partition coefficient (Wildman–Crippen LogP) is 2.51. The summed E-state index contributed by atoms with van der Waals surface area (Å²) in [6, 6.07) is 8.58. The van der Waals surface area contributed by atoms with Crippen LogP contribution in [0.15, 0.2) is 24.3 Å². The minimum absolute atomic E-state index is 0.0743. The molecule has 1 saturated heterocycles. The van der Waals surface area contributed by atoms with Gasteiger partial charge >= 0.3 is 0 Å². The van der Waals surface area contributed by atoms with Crippen molar-refractivity contribution in [3.63, 3.8) is 0 Å². The maximum absolute atomic E-state index is 12.6. The fourth-order valence-corrected chi connectivity index (χ4v) is 2.38. The first-order valence-electron chi connectivity index (χ1n) is 6.87. The van der Waals surface area contributed by atoms with E-state index < -0.39 is 5.41 Å². The van der Waals surface area contributed by atoms with Gasteiger partial charge in [0.1, 0.15) is 11.8 Å². The number of rotatable bonds is 4. The third-order valence-corrected chi connectivity index (χ3v) is 4.11. The van der Waals surface area contributed by atoms with Gasteiger partial charge in [0.15, 0.2) is 6.61 Å². The van der Waals surface area contributed by atoms with Crippen molar-refractivity contribution in [1.29, 1.82) is 5.26 Å². The molecule has 0 aromatic heterocycles. The summed E-state index contributed by atoms with van der Waals surface area (Å²) in [4.78, 5) is 26.1. The third kappa shape index (κ3) is 2.62. The molecule has 21 heavy (non-hydrogen) atoms. The lowest BCUT2D eigenvalue weighted by Gasteiger charge is -2.26. The second-order valence-electron chi connectivity index (χ2n) is 5.73. The molecule has 5 nitrogen and oxygen atoms in total. The smallest absolute Gasteiger partial charge is 0.240 e. The van der Waals surface area contributed by atoms with Crippen molar-refractivity contribution in [2.75, 3.05) is 11.5 Å². The summed E-state index contributed by atoms with van der Waals surface area (Å²) >= 11 is 0. The van der Waals surface area contributed by atoms with Crippen molar-refractivity contribution in [2.45, 2.75) is 27.2 Å². The zero-order valence-corrected chi connectivity index (χ0v) is 12.4. The van der Waals surface area contributed by atoms with E-state index in [0.29, 0.717) is 11.4 Å². The average molecular weight is 286 g/mol. The second kappa shape index (κ2) is 5.57. The Kier molecular flexibility index (Phi) is 3.99. The molecule has 110 valence electrons. The van der Waals surface area contributed by atoms with Crippen LogP contribution < -0.4 is 9.64 Å². The van der Waals surface area contributed by atoms with E-state index in [-0.39, 0.29) is 30.8 Å². The Labute approximate surface area is 124 Å². The number of amides is 2. The Balaban J connectivity index is 2.32. The average Bonchev–Trinajstić information content (AvgIpc) is 2.68. The van der Waals surface area contributed by atoms with Crippen LogP contribution in [0.4, 0.5) is 5.69 Å². The van der Waals surface area contributed by atoms with Crippen molar-refractivity contribution >= 4 is 17.5 Å². The monoisotopic (exact) mass is 286 g/mol. The highest BCUT2D eigenvalue weighted by atomic mass is 16.5. The molecule has 0 bridgehead atoms. The van der Waals surface area contributed by atoms with Gasteiger partial charge in [-0.15, -0.1) is 0 Å². The molecule has 1 heterocycles. The summed E-state index contributed by atoms with van der Waals surface area (Å²) in [6.07, 6.45) is 0.215. The molecule has 1 fully saturated rings. The SMILES string of the molecule is CC(C)C1(C)CC(=O)N(c2cccc(OCC#N)c2)C1=O. The van der Waals surface area contributed by atoms with Gasteiger partial charge in [0, 0.05) is 12.5 Å². The molecule has 0 N–H and O–H groups in total. The molecular formula is C16H18N2O3. The van der Waals surface area contributed by atoms with Crippen LogP contribution in [0.1, 0.15) is 27.2 Å². The standard InChI is InChI=1S/C16H18N2O3/c1-11(2)16(3)10-14(19)18(15(16)20)12-5-4-6-13(9-12)21-8-7-17/h4-6,9,11H,8,10H2,1-3H3. The fourth-order valence-electron chi connectivity index (χ4n) is 2.38. The van der Waals surface area contributed by atoms with Crippen LogP contribution in [0.25, 0.3) is 0 Å². The molecule has 1 aromatic carbocycles. The van der Waals surface area contributed by atoms with Crippen molar-refractivity contribution in [3.8, 4) is 11.8 Å². The molecule has 1 atom stereocenters. The van der Waals surface area contributed by atoms with Crippen molar-refractivity contribution in [1.82, 2.24) is 0 Å². The fraction of sp³-hybridized carbons (Fsp3) is 0.438. The lowest BCUT2D eigenvalue weighted by molar-refractivity contribution is -0.126. The van der Waals surface area contributed by atoms with Gasteiger partial charge in [-0.05, 0) is 25.0 Å². The summed E-state index contributed by atoms with van der Waals surface area (Å²) in [6.45, 7) is 5.64. The first-order chi connectivity index (χ1) is 9.90. The van der Waals surface area contributed by atoms with E-state index in [4.69, 9.17) is 10.00 Å². The minimum atomic E-state index is -0.666. The van der Waals surface area contributed by atoms with Gasteiger partial charge in [-0.2, -0.15) is 5.26 Å². The van der Waals surface area contributed by atoms with Crippen molar-refractivity contribution < 1.29 is 14.3 Å². The van der Waals surface area contributed by atoms with Gasteiger partial charge in [0.25, 0.3) is 0 Å².